The zero-order chi connectivity index (χ0) is 29.8. The highest BCUT2D eigenvalue weighted by Crippen LogP contribution is 2.51. The van der Waals surface area contributed by atoms with Crippen LogP contribution in [-0.2, 0) is 9.53 Å². The maximum Gasteiger partial charge on any atom is 0.409 e. The van der Waals surface area contributed by atoms with Gasteiger partial charge in [0.25, 0.3) is 5.91 Å². The van der Waals surface area contributed by atoms with Crippen molar-refractivity contribution < 1.29 is 19.1 Å². The maximum absolute atomic E-state index is 13.6. The first kappa shape index (κ1) is 29.3. The number of aromatic nitrogens is 2. The van der Waals surface area contributed by atoms with Gasteiger partial charge in [0, 0.05) is 50.9 Å². The summed E-state index contributed by atoms with van der Waals surface area (Å²) in [5, 5.41) is 12.3. The third kappa shape index (κ3) is 6.32. The van der Waals surface area contributed by atoms with Crippen molar-refractivity contribution in [3.63, 3.8) is 0 Å². The van der Waals surface area contributed by atoms with Crippen LogP contribution in [0, 0.1) is 35.0 Å². The molecule has 2 aliphatic heterocycles. The monoisotopic (exact) mass is 573 g/mol. The number of unbranched alkanes of at least 4 members (excludes halogenated alkanes) is 1. The number of nitriles is 1. The van der Waals surface area contributed by atoms with Crippen LogP contribution in [0.5, 0.6) is 0 Å². The largest absolute Gasteiger partial charge is 0.449 e. The van der Waals surface area contributed by atoms with Gasteiger partial charge in [0.1, 0.15) is 17.6 Å². The highest BCUT2D eigenvalue weighted by Gasteiger charge is 2.56. The van der Waals surface area contributed by atoms with Crippen molar-refractivity contribution in [2.45, 2.75) is 39.7 Å². The van der Waals surface area contributed by atoms with Gasteiger partial charge in [0.2, 0.25) is 5.91 Å². The summed E-state index contributed by atoms with van der Waals surface area (Å²) in [6.07, 6.45) is 1.42. The fraction of sp³-hybridized carbons (Fsp3) is 0.548. The predicted octanol–water partition coefficient (Wildman–Crippen LogP) is 3.18. The first-order chi connectivity index (χ1) is 20.3. The summed E-state index contributed by atoms with van der Waals surface area (Å²) >= 11 is 0. The van der Waals surface area contributed by atoms with Gasteiger partial charge in [0.15, 0.2) is 5.82 Å². The van der Waals surface area contributed by atoms with Gasteiger partial charge in [-0.3, -0.25) is 9.59 Å². The van der Waals surface area contributed by atoms with E-state index in [2.05, 4.69) is 21.3 Å². The minimum Gasteiger partial charge on any atom is -0.449 e. The highest BCUT2D eigenvalue weighted by molar-refractivity contribution is 5.97. The van der Waals surface area contributed by atoms with Crippen LogP contribution in [0.2, 0.25) is 0 Å². The summed E-state index contributed by atoms with van der Waals surface area (Å²) in [5.74, 6) is 1.07. The zero-order valence-corrected chi connectivity index (χ0v) is 24.5. The van der Waals surface area contributed by atoms with Crippen molar-refractivity contribution in [1.29, 1.82) is 5.26 Å². The molecule has 11 heteroatoms. The van der Waals surface area contributed by atoms with Crippen LogP contribution < -0.4 is 10.2 Å². The van der Waals surface area contributed by atoms with E-state index < -0.39 is 11.9 Å². The van der Waals surface area contributed by atoms with Gasteiger partial charge >= 0.3 is 6.09 Å². The van der Waals surface area contributed by atoms with E-state index >= 15 is 0 Å². The number of nitrogens with one attached hydrogen (secondary N) is 1. The second kappa shape index (κ2) is 12.8. The summed E-state index contributed by atoms with van der Waals surface area (Å²) in [5.41, 5.74) is 0.976. The number of benzene rings is 1. The molecule has 222 valence electrons. The molecule has 42 heavy (non-hydrogen) atoms. The van der Waals surface area contributed by atoms with Crippen LogP contribution in [-0.4, -0.2) is 89.6 Å². The Bertz CT molecular complexity index is 1320. The summed E-state index contributed by atoms with van der Waals surface area (Å²) in [6.45, 7) is 9.18. The maximum atomic E-state index is 13.6. The Labute approximate surface area is 246 Å². The lowest BCUT2D eigenvalue weighted by Crippen LogP contribution is -2.57. The second-order valence-electron chi connectivity index (χ2n) is 11.7. The molecule has 0 bridgehead atoms. The Morgan fingerprint density at radius 1 is 1.05 bits per heavy atom. The minimum absolute atomic E-state index is 0.103. The van der Waals surface area contributed by atoms with Crippen LogP contribution in [0.25, 0.3) is 11.4 Å². The zero-order valence-electron chi connectivity index (χ0n) is 24.5. The minimum atomic E-state index is -0.755. The quantitative estimate of drug-likeness (QED) is 0.453. The van der Waals surface area contributed by atoms with Crippen molar-refractivity contribution in [2.75, 3.05) is 50.8 Å². The van der Waals surface area contributed by atoms with Crippen molar-refractivity contribution >= 4 is 23.7 Å². The van der Waals surface area contributed by atoms with E-state index in [1.54, 1.807) is 15.9 Å². The molecular weight excluding hydrogens is 534 g/mol. The van der Waals surface area contributed by atoms with Crippen LogP contribution in [0.1, 0.15) is 44.1 Å². The van der Waals surface area contributed by atoms with E-state index in [1.807, 2.05) is 51.1 Å². The van der Waals surface area contributed by atoms with Gasteiger partial charge in [-0.15, -0.1) is 0 Å². The van der Waals surface area contributed by atoms with Gasteiger partial charge in [-0.2, -0.15) is 5.26 Å². The molecule has 1 aromatic carbocycles. The number of ether oxygens (including phenoxy) is 1. The average molecular weight is 574 g/mol. The van der Waals surface area contributed by atoms with E-state index in [-0.39, 0.29) is 29.5 Å². The molecule has 3 amide bonds. The summed E-state index contributed by atoms with van der Waals surface area (Å²) in [7, 11) is 0. The molecule has 0 spiro atoms. The average Bonchev–Trinajstić information content (AvgIpc) is 3.49. The predicted molar refractivity (Wildman–Crippen MR) is 156 cm³/mol. The Morgan fingerprint density at radius 2 is 1.71 bits per heavy atom. The molecule has 3 aliphatic rings. The topological polar surface area (TPSA) is 132 Å². The Kier molecular flexibility index (Phi) is 8.90. The van der Waals surface area contributed by atoms with Crippen LogP contribution in [0.4, 0.5) is 10.6 Å². The number of carbonyl (C=O) groups excluding carboxylic acids is 3. The number of nitrogens with zero attached hydrogens (tertiary/aromatic N) is 6. The van der Waals surface area contributed by atoms with Crippen molar-refractivity contribution in [2.24, 2.45) is 23.7 Å². The molecule has 0 unspecified atom stereocenters. The number of amides is 3. The molecular formula is C31H39N7O4. The third-order valence-corrected chi connectivity index (χ3v) is 8.44. The standard InChI is InChI=1S/C31H39N7O4/c1-4-5-15-42-31(41)37-13-11-36(12-14-37)30(40)27(20(2)3)35-29(39)25-16-26(38-18-23-22(17-32)24(23)19-38)34-28(33-25)21-9-7-6-8-10-21/h6-10,16,20,22-24,27H,4-5,11-15,18-19H2,1-3H3,(H,35,39)/t22-,23+,24-,27-/m0/s1. The van der Waals surface area contributed by atoms with Gasteiger partial charge in [0.05, 0.1) is 18.6 Å². The number of hydrogen-bond acceptors (Lipinski definition) is 8. The number of fused-ring (bicyclic) bond motifs is 1. The first-order valence-corrected chi connectivity index (χ1v) is 14.9. The summed E-state index contributed by atoms with van der Waals surface area (Å²) in [6, 6.07) is 12.8. The molecule has 4 atom stereocenters. The normalized spacial score (nSPS) is 21.9. The number of piperazine rings is 1. The molecule has 11 nitrogen and oxygen atoms in total. The van der Waals surface area contributed by atoms with Gasteiger partial charge in [-0.1, -0.05) is 57.5 Å². The fourth-order valence-corrected chi connectivity index (χ4v) is 5.76. The molecule has 2 aromatic rings. The molecule has 2 saturated heterocycles. The van der Waals surface area contributed by atoms with Crippen molar-refractivity contribution in [1.82, 2.24) is 25.1 Å². The number of anilines is 1. The van der Waals surface area contributed by atoms with E-state index in [0.29, 0.717) is 56.3 Å². The third-order valence-electron chi connectivity index (χ3n) is 8.44. The van der Waals surface area contributed by atoms with Gasteiger partial charge < -0.3 is 24.8 Å². The lowest BCUT2D eigenvalue weighted by molar-refractivity contribution is -0.135. The number of carbonyl (C=O) groups is 3. The second-order valence-corrected chi connectivity index (χ2v) is 11.7. The molecule has 0 radical (unpaired) electrons. The molecule has 1 N–H and O–H groups in total. The number of hydrogen-bond donors (Lipinski definition) is 1. The van der Waals surface area contributed by atoms with Crippen LogP contribution in [0.3, 0.4) is 0 Å². The number of rotatable bonds is 9. The lowest BCUT2D eigenvalue weighted by atomic mass is 10.0. The van der Waals surface area contributed by atoms with Crippen LogP contribution >= 0.6 is 0 Å². The molecule has 5 rings (SSSR count). The highest BCUT2D eigenvalue weighted by atomic mass is 16.6. The van der Waals surface area contributed by atoms with Crippen molar-refractivity contribution in [3.8, 4) is 17.5 Å². The Morgan fingerprint density at radius 3 is 2.33 bits per heavy atom. The Balaban J connectivity index is 1.28. The smallest absolute Gasteiger partial charge is 0.409 e. The molecule has 1 saturated carbocycles. The fourth-order valence-electron chi connectivity index (χ4n) is 5.76. The molecule has 3 heterocycles. The molecule has 1 aromatic heterocycles. The van der Waals surface area contributed by atoms with Gasteiger partial charge in [-0.05, 0) is 24.2 Å². The van der Waals surface area contributed by atoms with E-state index in [9.17, 15) is 19.6 Å². The van der Waals surface area contributed by atoms with Crippen molar-refractivity contribution in [3.05, 3.63) is 42.1 Å². The Hall–Kier alpha value is -4.20. The van der Waals surface area contributed by atoms with Crippen LogP contribution in [0.15, 0.2) is 36.4 Å². The SMILES string of the molecule is CCCCOC(=O)N1CCN(C(=O)[C@@H](NC(=O)c2cc(N3C[C@@H]4[C@H](C#N)[C@@H]4C3)nc(-c3ccccc3)n2)C(C)C)CC1. The molecule has 3 fully saturated rings. The van der Waals surface area contributed by atoms with E-state index in [4.69, 9.17) is 9.72 Å². The summed E-state index contributed by atoms with van der Waals surface area (Å²) in [4.78, 5) is 54.3. The number of piperidine rings is 1. The summed E-state index contributed by atoms with van der Waals surface area (Å²) < 4.78 is 5.31. The van der Waals surface area contributed by atoms with E-state index in [1.165, 1.54) is 0 Å². The van der Waals surface area contributed by atoms with Gasteiger partial charge in [-0.25, -0.2) is 14.8 Å². The molecule has 1 aliphatic carbocycles. The first-order valence-electron chi connectivity index (χ1n) is 14.9. The van der Waals surface area contributed by atoms with E-state index in [0.717, 1.165) is 31.5 Å². The lowest BCUT2D eigenvalue weighted by Gasteiger charge is -2.36.